The quantitative estimate of drug-likeness (QED) is 0.510. The fourth-order valence-electron chi connectivity index (χ4n) is 3.35. The Kier molecular flexibility index (Phi) is 6.45. The maximum atomic E-state index is 12.7. The molecule has 0 aliphatic carbocycles. The first kappa shape index (κ1) is 22.2. The Morgan fingerprint density at radius 1 is 0.970 bits per heavy atom. The lowest BCUT2D eigenvalue weighted by Crippen LogP contribution is -2.32. The molecule has 0 atom stereocenters. The van der Waals surface area contributed by atoms with Crippen molar-refractivity contribution < 1.29 is 23.9 Å². The Morgan fingerprint density at radius 3 is 2.24 bits per heavy atom. The van der Waals surface area contributed by atoms with Crippen molar-refractivity contribution >= 4 is 45.3 Å². The number of aromatic nitrogens is 1. The predicted octanol–water partition coefficient (Wildman–Crippen LogP) is 4.00. The minimum atomic E-state index is -0.644. The Bertz CT molecular complexity index is 1190. The fraction of sp³-hybridized carbons (Fsp3) is 0.174. The number of thiazole rings is 1. The molecule has 0 fully saturated rings. The van der Waals surface area contributed by atoms with Crippen LogP contribution in [0.25, 0.3) is 11.3 Å². The average Bonchev–Trinajstić information content (AvgIpc) is 3.31. The summed E-state index contributed by atoms with van der Waals surface area (Å²) >= 11 is 1.08. The number of imide groups is 1. The molecule has 0 spiro atoms. The second-order valence-electron chi connectivity index (χ2n) is 7.01. The molecule has 0 bridgehead atoms. The molecule has 0 saturated carbocycles. The lowest BCUT2D eigenvalue weighted by atomic mass is 10.1. The van der Waals surface area contributed by atoms with Crippen LogP contribution in [0.15, 0.2) is 54.6 Å². The van der Waals surface area contributed by atoms with Gasteiger partial charge in [0.2, 0.25) is 5.91 Å². The molecule has 9 nitrogen and oxygen atoms in total. The van der Waals surface area contributed by atoms with E-state index in [0.717, 1.165) is 21.8 Å². The summed E-state index contributed by atoms with van der Waals surface area (Å²) in [6, 6.07) is 15.8. The summed E-state index contributed by atoms with van der Waals surface area (Å²) in [5.74, 6) is -1.21. The Labute approximate surface area is 193 Å². The molecular weight excluding hydrogens is 444 g/mol. The molecule has 2 aromatic carbocycles. The molecule has 0 radical (unpaired) electrons. The zero-order chi connectivity index (χ0) is 23.4. The fourth-order valence-corrected chi connectivity index (χ4v) is 4.24. The number of carbonyl (C=O) groups is 4. The predicted molar refractivity (Wildman–Crippen MR) is 123 cm³/mol. The molecule has 1 aliphatic heterocycles. The van der Waals surface area contributed by atoms with Crippen molar-refractivity contribution in [3.63, 3.8) is 0 Å². The number of hydrogen-bond donors (Lipinski definition) is 2. The number of hydrogen-bond acceptors (Lipinski definition) is 7. The van der Waals surface area contributed by atoms with Crippen LogP contribution in [0.2, 0.25) is 0 Å². The van der Waals surface area contributed by atoms with Gasteiger partial charge < -0.3 is 10.1 Å². The highest BCUT2D eigenvalue weighted by atomic mass is 32.1. The SMILES string of the molecule is CCOC(=O)Nc1nc(-c2ccccc2)c(NC(=O)CCN2C(=O)c3ccccc3C2=O)s1. The van der Waals surface area contributed by atoms with Crippen molar-refractivity contribution in [3.05, 3.63) is 65.7 Å². The van der Waals surface area contributed by atoms with E-state index in [1.165, 1.54) is 0 Å². The van der Waals surface area contributed by atoms with Crippen LogP contribution >= 0.6 is 11.3 Å². The smallest absolute Gasteiger partial charge is 0.413 e. The van der Waals surface area contributed by atoms with E-state index in [1.807, 2.05) is 30.3 Å². The highest BCUT2D eigenvalue weighted by Gasteiger charge is 2.35. The summed E-state index contributed by atoms with van der Waals surface area (Å²) < 4.78 is 4.88. The zero-order valence-electron chi connectivity index (χ0n) is 17.7. The van der Waals surface area contributed by atoms with E-state index in [4.69, 9.17) is 4.74 Å². The number of anilines is 2. The van der Waals surface area contributed by atoms with Crippen molar-refractivity contribution in [3.8, 4) is 11.3 Å². The molecule has 10 heteroatoms. The monoisotopic (exact) mass is 464 g/mol. The van der Waals surface area contributed by atoms with Gasteiger partial charge in [-0.3, -0.25) is 24.6 Å². The van der Waals surface area contributed by atoms with Crippen molar-refractivity contribution in [2.24, 2.45) is 0 Å². The number of fused-ring (bicyclic) bond motifs is 1. The first-order chi connectivity index (χ1) is 16.0. The summed E-state index contributed by atoms with van der Waals surface area (Å²) in [5.41, 5.74) is 1.92. The van der Waals surface area contributed by atoms with E-state index in [0.29, 0.717) is 21.8 Å². The Morgan fingerprint density at radius 2 is 1.61 bits per heavy atom. The minimum absolute atomic E-state index is 0.0500. The second kappa shape index (κ2) is 9.61. The summed E-state index contributed by atoms with van der Waals surface area (Å²) in [6.45, 7) is 1.85. The van der Waals surface area contributed by atoms with Crippen LogP contribution in [-0.2, 0) is 9.53 Å². The van der Waals surface area contributed by atoms with Gasteiger partial charge >= 0.3 is 6.09 Å². The first-order valence-electron chi connectivity index (χ1n) is 10.2. The molecule has 0 unspecified atom stereocenters. The van der Waals surface area contributed by atoms with Crippen LogP contribution in [-0.4, -0.2) is 46.9 Å². The Balaban J connectivity index is 1.47. The maximum Gasteiger partial charge on any atom is 0.413 e. The molecule has 168 valence electrons. The lowest BCUT2D eigenvalue weighted by molar-refractivity contribution is -0.116. The highest BCUT2D eigenvalue weighted by molar-refractivity contribution is 7.20. The third kappa shape index (κ3) is 4.75. The number of rotatable bonds is 7. The van der Waals surface area contributed by atoms with Gasteiger partial charge in [0.05, 0.1) is 17.7 Å². The van der Waals surface area contributed by atoms with Crippen LogP contribution in [0.3, 0.4) is 0 Å². The number of nitrogens with one attached hydrogen (secondary N) is 2. The molecule has 3 aromatic rings. The molecule has 2 heterocycles. The minimum Gasteiger partial charge on any atom is -0.450 e. The van der Waals surface area contributed by atoms with Crippen LogP contribution in [0, 0.1) is 0 Å². The van der Waals surface area contributed by atoms with Crippen molar-refractivity contribution in [2.45, 2.75) is 13.3 Å². The molecule has 4 rings (SSSR count). The van der Waals surface area contributed by atoms with Gasteiger partial charge in [-0.2, -0.15) is 0 Å². The third-order valence-electron chi connectivity index (χ3n) is 4.85. The molecular formula is C23H20N4O5S. The molecule has 1 aliphatic rings. The molecule has 4 amide bonds. The number of ether oxygens (including phenoxy) is 1. The number of nitrogens with zero attached hydrogens (tertiary/aromatic N) is 2. The van der Waals surface area contributed by atoms with E-state index in [-0.39, 0.29) is 24.7 Å². The Hall–Kier alpha value is -4.05. The first-order valence-corrected chi connectivity index (χ1v) is 11.0. The number of amides is 4. The molecule has 33 heavy (non-hydrogen) atoms. The summed E-state index contributed by atoms with van der Waals surface area (Å²) in [7, 11) is 0. The number of benzene rings is 2. The summed E-state index contributed by atoms with van der Waals surface area (Å²) in [6.07, 6.45) is -0.729. The van der Waals surface area contributed by atoms with Crippen molar-refractivity contribution in [1.29, 1.82) is 0 Å². The third-order valence-corrected chi connectivity index (χ3v) is 5.74. The largest absolute Gasteiger partial charge is 0.450 e. The molecule has 0 saturated heterocycles. The van der Waals surface area contributed by atoms with E-state index in [1.54, 1.807) is 31.2 Å². The summed E-state index contributed by atoms with van der Waals surface area (Å²) in [4.78, 5) is 54.9. The van der Waals surface area contributed by atoms with Gasteiger partial charge in [-0.1, -0.05) is 53.8 Å². The van der Waals surface area contributed by atoms with E-state index < -0.39 is 23.8 Å². The van der Waals surface area contributed by atoms with Gasteiger partial charge in [-0.25, -0.2) is 9.78 Å². The number of carbonyl (C=O) groups excluding carboxylic acids is 4. The van der Waals surface area contributed by atoms with Gasteiger partial charge in [0.15, 0.2) is 5.13 Å². The molecule has 1 aromatic heterocycles. The maximum absolute atomic E-state index is 12.7. The topological polar surface area (TPSA) is 118 Å². The molecule has 2 N–H and O–H groups in total. The van der Waals surface area contributed by atoms with Gasteiger partial charge in [0, 0.05) is 18.5 Å². The van der Waals surface area contributed by atoms with Gasteiger partial charge in [-0.05, 0) is 19.1 Å². The highest BCUT2D eigenvalue weighted by Crippen LogP contribution is 2.36. The zero-order valence-corrected chi connectivity index (χ0v) is 18.5. The van der Waals surface area contributed by atoms with Crippen LogP contribution in [0.4, 0.5) is 14.9 Å². The standard InChI is InChI=1S/C23H20N4O5S/c1-2-32-23(31)26-22-25-18(14-8-4-3-5-9-14)19(33-22)24-17(28)12-13-27-20(29)15-10-6-7-11-16(15)21(27)30/h3-11H,2,12-13H2,1H3,(H,24,28)(H,25,26,31). The normalized spacial score (nSPS) is 12.5. The van der Waals surface area contributed by atoms with Gasteiger partial charge in [0.25, 0.3) is 11.8 Å². The van der Waals surface area contributed by atoms with Crippen LogP contribution < -0.4 is 10.6 Å². The van der Waals surface area contributed by atoms with E-state index >= 15 is 0 Å². The average molecular weight is 465 g/mol. The van der Waals surface area contributed by atoms with Crippen LogP contribution in [0.5, 0.6) is 0 Å². The second-order valence-corrected chi connectivity index (χ2v) is 8.01. The van der Waals surface area contributed by atoms with Crippen molar-refractivity contribution in [1.82, 2.24) is 9.88 Å². The van der Waals surface area contributed by atoms with Crippen molar-refractivity contribution in [2.75, 3.05) is 23.8 Å². The van der Waals surface area contributed by atoms with Gasteiger partial charge in [0.1, 0.15) is 10.7 Å². The van der Waals surface area contributed by atoms with E-state index in [9.17, 15) is 19.2 Å². The van der Waals surface area contributed by atoms with E-state index in [2.05, 4.69) is 15.6 Å². The summed E-state index contributed by atoms with van der Waals surface area (Å²) in [5, 5.41) is 6.03. The lowest BCUT2D eigenvalue weighted by Gasteiger charge is -2.13. The van der Waals surface area contributed by atoms with Gasteiger partial charge in [-0.15, -0.1) is 0 Å². The van der Waals surface area contributed by atoms with Crippen LogP contribution in [0.1, 0.15) is 34.1 Å².